The fourth-order valence-corrected chi connectivity index (χ4v) is 12.4. The van der Waals surface area contributed by atoms with E-state index >= 15 is 4.39 Å². The van der Waals surface area contributed by atoms with Gasteiger partial charge in [0.2, 0.25) is 17.8 Å². The molecule has 0 bridgehead atoms. The summed E-state index contributed by atoms with van der Waals surface area (Å²) in [6, 6.07) is 14.4. The summed E-state index contributed by atoms with van der Waals surface area (Å²) in [5, 5.41) is 10.0. The third-order valence-corrected chi connectivity index (χ3v) is 16.7. The van der Waals surface area contributed by atoms with Gasteiger partial charge in [-0.25, -0.2) is 13.8 Å². The van der Waals surface area contributed by atoms with Crippen LogP contribution in [0.2, 0.25) is 0 Å². The average Bonchev–Trinajstić information content (AvgIpc) is 3.29. The minimum atomic E-state index is -2.91. The summed E-state index contributed by atoms with van der Waals surface area (Å²) in [4.78, 5) is 45.0. The van der Waals surface area contributed by atoms with Gasteiger partial charge in [0.05, 0.1) is 40.1 Å². The van der Waals surface area contributed by atoms with Crippen molar-refractivity contribution in [3.63, 3.8) is 0 Å². The summed E-state index contributed by atoms with van der Waals surface area (Å²) in [5.74, 6) is -0.0951. The van der Waals surface area contributed by atoms with Crippen LogP contribution in [0.25, 0.3) is 10.9 Å². The van der Waals surface area contributed by atoms with Gasteiger partial charge in [0, 0.05) is 79.0 Å². The largest absolute Gasteiger partial charge is 0.494 e. The van der Waals surface area contributed by atoms with Gasteiger partial charge in [-0.3, -0.25) is 19.9 Å². The van der Waals surface area contributed by atoms with Gasteiger partial charge in [-0.2, -0.15) is 4.98 Å². The van der Waals surface area contributed by atoms with E-state index in [0.29, 0.717) is 67.2 Å². The lowest BCUT2D eigenvalue weighted by Crippen LogP contribution is -2.48. The number of carbonyl (C=O) groups is 2. The predicted molar refractivity (Wildman–Crippen MR) is 266 cm³/mol. The van der Waals surface area contributed by atoms with Gasteiger partial charge >= 0.3 is 0 Å². The number of piperidine rings is 4. The summed E-state index contributed by atoms with van der Waals surface area (Å²) < 4.78 is 50.1. The van der Waals surface area contributed by atoms with Crippen molar-refractivity contribution in [3.8, 4) is 5.75 Å². The molecule has 4 aliphatic heterocycles. The average molecular weight is 999 g/mol. The van der Waals surface area contributed by atoms with E-state index in [2.05, 4.69) is 75.6 Å². The van der Waals surface area contributed by atoms with Crippen molar-refractivity contribution in [1.29, 1.82) is 0 Å². The lowest BCUT2D eigenvalue weighted by molar-refractivity contribution is -0.134. The number of carbonyl (C=O) groups excluding carboxylic acids is 2. The van der Waals surface area contributed by atoms with Crippen molar-refractivity contribution < 1.29 is 27.7 Å². The fourth-order valence-electron chi connectivity index (χ4n) is 10.7. The van der Waals surface area contributed by atoms with E-state index in [9.17, 15) is 18.5 Å². The Kier molecular flexibility index (Phi) is 13.4. The minimum Gasteiger partial charge on any atom is -0.494 e. The van der Waals surface area contributed by atoms with Crippen molar-refractivity contribution in [1.82, 2.24) is 25.2 Å². The molecular formula is C50H59BrF2N9O4P. The maximum Gasteiger partial charge on any atom is 0.234 e. The second kappa shape index (κ2) is 19.1. The highest BCUT2D eigenvalue weighted by Gasteiger charge is 2.39. The molecule has 6 heterocycles. The lowest BCUT2D eigenvalue weighted by atomic mass is 9.71. The van der Waals surface area contributed by atoms with Crippen LogP contribution in [-0.4, -0.2) is 97.9 Å². The third-order valence-electron chi connectivity index (χ3n) is 14.6. The molecule has 4 fully saturated rings. The highest BCUT2D eigenvalue weighted by atomic mass is 79.9. The van der Waals surface area contributed by atoms with Crippen LogP contribution >= 0.6 is 23.1 Å². The molecule has 354 valence electrons. The number of likely N-dealkylation sites (tertiary alicyclic amines) is 1. The van der Waals surface area contributed by atoms with Gasteiger partial charge in [0.1, 0.15) is 30.3 Å². The summed E-state index contributed by atoms with van der Waals surface area (Å²) in [6.07, 6.45) is 9.07. The maximum atomic E-state index is 15.2. The second-order valence-corrected chi connectivity index (χ2v) is 23.3. The van der Waals surface area contributed by atoms with Crippen LogP contribution in [-0.2, 0) is 14.2 Å². The number of rotatable bonds is 11. The molecule has 4 saturated heterocycles. The van der Waals surface area contributed by atoms with Crippen LogP contribution in [0.4, 0.5) is 43.3 Å². The molecule has 9 rings (SSSR count). The standard InChI is InChI=1S/C50H59BrF2N9O4P/c1-30-24-42(57-49-54-28-37(51)47(59-49)56-41-10-9-40-36(46(41)67(4,5)65)26-38(52)31(2)55-40)44(66-3)27-43(30)62-22-16-50(17-23-62)14-20-60(21-15-50)29-32-12-18-61(19-13-32)33-6-7-34(39(53)25-33)35-8-11-45(63)58-48(35)64/h6-7,9-10,24-28,32,35H,8,11-23,29H2,1-5H3,(H,58,63,64)(H2,54,56,57,59). The molecule has 13 nitrogen and oxygen atoms in total. The Morgan fingerprint density at radius 2 is 1.60 bits per heavy atom. The number of benzene rings is 3. The van der Waals surface area contributed by atoms with E-state index in [4.69, 9.17) is 9.72 Å². The predicted octanol–water partition coefficient (Wildman–Crippen LogP) is 9.55. The van der Waals surface area contributed by atoms with E-state index in [0.717, 1.165) is 94.1 Å². The highest BCUT2D eigenvalue weighted by Crippen LogP contribution is 2.45. The molecule has 0 aliphatic carbocycles. The van der Waals surface area contributed by atoms with Gasteiger partial charge in [0.15, 0.2) is 0 Å². The molecule has 67 heavy (non-hydrogen) atoms. The highest BCUT2D eigenvalue weighted by molar-refractivity contribution is 9.10. The molecule has 5 aromatic rings. The van der Waals surface area contributed by atoms with E-state index in [1.54, 1.807) is 57.8 Å². The number of fused-ring (bicyclic) bond motifs is 1. The first-order valence-corrected chi connectivity index (χ1v) is 26.7. The number of anilines is 6. The molecule has 1 spiro atoms. The van der Waals surface area contributed by atoms with Crippen molar-refractivity contribution in [2.24, 2.45) is 11.3 Å². The Balaban J connectivity index is 0.780. The second-order valence-electron chi connectivity index (χ2n) is 19.3. The van der Waals surface area contributed by atoms with Gasteiger partial charge < -0.3 is 34.6 Å². The smallest absolute Gasteiger partial charge is 0.234 e. The minimum absolute atomic E-state index is 0.230. The molecule has 4 aliphatic rings. The first-order valence-electron chi connectivity index (χ1n) is 23.3. The lowest BCUT2D eigenvalue weighted by Gasteiger charge is -2.48. The Morgan fingerprint density at radius 1 is 0.866 bits per heavy atom. The normalized spacial score (nSPS) is 19.5. The van der Waals surface area contributed by atoms with Crippen LogP contribution < -0.4 is 35.8 Å². The first-order chi connectivity index (χ1) is 32.1. The number of nitrogens with one attached hydrogen (secondary N) is 3. The van der Waals surface area contributed by atoms with E-state index in [-0.39, 0.29) is 23.8 Å². The van der Waals surface area contributed by atoms with Gasteiger partial charge in [0.25, 0.3) is 0 Å². The summed E-state index contributed by atoms with van der Waals surface area (Å²) in [7, 11) is -1.24. The first kappa shape index (κ1) is 46.9. The van der Waals surface area contributed by atoms with Crippen LogP contribution in [0, 0.1) is 36.8 Å². The van der Waals surface area contributed by atoms with E-state index in [1.165, 1.54) is 18.9 Å². The number of aromatic nitrogens is 3. The molecule has 2 aromatic heterocycles. The molecule has 1 atom stereocenters. The van der Waals surface area contributed by atoms with Crippen molar-refractivity contribution in [3.05, 3.63) is 87.7 Å². The number of imide groups is 1. The number of hydrogen-bond donors (Lipinski definition) is 3. The van der Waals surface area contributed by atoms with Gasteiger partial charge in [-0.05, 0) is 154 Å². The topological polar surface area (TPSA) is 145 Å². The number of hydrogen-bond acceptors (Lipinski definition) is 12. The Morgan fingerprint density at radius 3 is 2.28 bits per heavy atom. The van der Waals surface area contributed by atoms with Crippen molar-refractivity contribution >= 4 is 85.6 Å². The zero-order chi connectivity index (χ0) is 47.2. The summed E-state index contributed by atoms with van der Waals surface area (Å²) >= 11 is 3.57. The van der Waals surface area contributed by atoms with E-state index in [1.807, 2.05) is 6.07 Å². The molecule has 3 N–H and O–H groups in total. The van der Waals surface area contributed by atoms with Gasteiger partial charge in [-0.15, -0.1) is 0 Å². The Bertz CT molecular complexity index is 2760. The maximum absolute atomic E-state index is 15.2. The number of nitrogens with zero attached hydrogens (tertiary/aromatic N) is 6. The van der Waals surface area contributed by atoms with Crippen LogP contribution in [0.15, 0.2) is 59.2 Å². The molecule has 2 amide bonds. The zero-order valence-electron chi connectivity index (χ0n) is 38.9. The molecular weight excluding hydrogens is 939 g/mol. The van der Waals surface area contributed by atoms with Crippen molar-refractivity contribution in [2.75, 3.05) is 86.7 Å². The molecule has 1 unspecified atom stereocenters. The molecule has 0 radical (unpaired) electrons. The Labute approximate surface area is 399 Å². The monoisotopic (exact) mass is 997 g/mol. The molecule has 3 aromatic carbocycles. The number of aryl methyl sites for hydroxylation is 2. The SMILES string of the molecule is COc1cc(N2CCC3(CCN(CC4CCN(c5ccc(C6CCC(=O)NC6=O)c(F)c5)CC4)CC3)CC2)c(C)cc1Nc1ncc(Br)c(Nc2ccc3nc(C)c(F)cc3c2P(C)(C)=O)n1. The number of ether oxygens (including phenoxy) is 1. The molecule has 0 saturated carbocycles. The number of amides is 2. The van der Waals surface area contributed by atoms with Gasteiger partial charge in [-0.1, -0.05) is 6.07 Å². The van der Waals surface area contributed by atoms with Crippen LogP contribution in [0.1, 0.15) is 74.1 Å². The van der Waals surface area contributed by atoms with Crippen LogP contribution in [0.3, 0.4) is 0 Å². The number of pyridine rings is 1. The fraction of sp³-hybridized carbons (Fsp3) is 0.460. The number of methoxy groups -OCH3 is 1. The molecule has 17 heteroatoms. The zero-order valence-corrected chi connectivity index (χ0v) is 41.3. The summed E-state index contributed by atoms with van der Waals surface area (Å²) in [5.41, 5.74) is 5.98. The Hall–Kier alpha value is -5.18. The summed E-state index contributed by atoms with van der Waals surface area (Å²) in [6.45, 7) is 14.1. The van der Waals surface area contributed by atoms with Crippen molar-refractivity contribution in [2.45, 2.75) is 71.1 Å². The van der Waals surface area contributed by atoms with Crippen LogP contribution in [0.5, 0.6) is 5.75 Å². The third kappa shape index (κ3) is 10.0. The number of halogens is 3. The quantitative estimate of drug-likeness (QED) is 0.0857. The van der Waals surface area contributed by atoms with E-state index < -0.39 is 24.8 Å².